The van der Waals surface area contributed by atoms with Gasteiger partial charge in [-0.1, -0.05) is 12.1 Å². The van der Waals surface area contributed by atoms with Gasteiger partial charge in [0.15, 0.2) is 0 Å². The molecule has 0 saturated heterocycles. The van der Waals surface area contributed by atoms with Crippen molar-refractivity contribution in [2.75, 3.05) is 20.3 Å². The van der Waals surface area contributed by atoms with Crippen molar-refractivity contribution in [2.45, 2.75) is 6.54 Å². The van der Waals surface area contributed by atoms with Gasteiger partial charge in [-0.3, -0.25) is 4.79 Å². The predicted molar refractivity (Wildman–Crippen MR) is 73.4 cm³/mol. The molecule has 2 rings (SSSR count). The van der Waals surface area contributed by atoms with Crippen molar-refractivity contribution >= 4 is 5.91 Å². The molecule has 20 heavy (non-hydrogen) atoms. The quantitative estimate of drug-likeness (QED) is 0.826. The Bertz CT molecular complexity index is 537. The van der Waals surface area contributed by atoms with Gasteiger partial charge in [-0.05, 0) is 17.7 Å². The van der Waals surface area contributed by atoms with Gasteiger partial charge in [-0.25, -0.2) is 4.98 Å². The molecule has 0 saturated carbocycles. The number of ether oxygens (including phenoxy) is 1. The highest BCUT2D eigenvalue weighted by molar-refractivity contribution is 5.92. The standard InChI is InChI=1S/C14H17N3O3/c1-20-12-4-2-11(3-5-12)9-17(6-7-18)14(19)13-8-15-10-16-13/h2-5,8,10,18H,6-7,9H2,1H3,(H,15,16). The first-order valence-electron chi connectivity index (χ1n) is 6.26. The number of nitrogens with one attached hydrogen (secondary N) is 1. The maximum absolute atomic E-state index is 12.2. The third-order valence-corrected chi connectivity index (χ3v) is 2.92. The van der Waals surface area contributed by atoms with Crippen molar-refractivity contribution in [1.29, 1.82) is 0 Å². The zero-order chi connectivity index (χ0) is 14.4. The molecule has 0 aliphatic heterocycles. The van der Waals surface area contributed by atoms with Gasteiger partial charge >= 0.3 is 0 Å². The van der Waals surface area contributed by atoms with Gasteiger partial charge in [0.25, 0.3) is 5.91 Å². The van der Waals surface area contributed by atoms with E-state index in [4.69, 9.17) is 9.84 Å². The Morgan fingerprint density at radius 2 is 2.15 bits per heavy atom. The number of nitrogens with zero attached hydrogens (tertiary/aromatic N) is 2. The number of hydrogen-bond acceptors (Lipinski definition) is 4. The molecule has 0 radical (unpaired) electrons. The van der Waals surface area contributed by atoms with Crippen LogP contribution in [0.2, 0.25) is 0 Å². The molecule has 0 fully saturated rings. The van der Waals surface area contributed by atoms with Crippen LogP contribution >= 0.6 is 0 Å². The Hall–Kier alpha value is -2.34. The molecule has 1 aromatic heterocycles. The van der Waals surface area contributed by atoms with E-state index in [-0.39, 0.29) is 19.1 Å². The number of aliphatic hydroxyl groups is 1. The average Bonchev–Trinajstić information content (AvgIpc) is 3.01. The second kappa shape index (κ2) is 6.72. The highest BCUT2D eigenvalue weighted by Gasteiger charge is 2.16. The number of aromatic amines is 1. The third kappa shape index (κ3) is 3.36. The summed E-state index contributed by atoms with van der Waals surface area (Å²) in [5, 5.41) is 9.10. The summed E-state index contributed by atoms with van der Waals surface area (Å²) in [5.74, 6) is 0.578. The van der Waals surface area contributed by atoms with E-state index in [0.717, 1.165) is 11.3 Å². The molecule has 0 aliphatic rings. The minimum atomic E-state index is -0.188. The van der Waals surface area contributed by atoms with Gasteiger partial charge in [-0.15, -0.1) is 0 Å². The molecule has 1 aromatic carbocycles. The zero-order valence-corrected chi connectivity index (χ0v) is 11.2. The van der Waals surface area contributed by atoms with Gasteiger partial charge < -0.3 is 19.7 Å². The van der Waals surface area contributed by atoms with Crippen molar-refractivity contribution in [3.8, 4) is 5.75 Å². The predicted octanol–water partition coefficient (Wildman–Crippen LogP) is 1.05. The minimum Gasteiger partial charge on any atom is -0.497 e. The normalized spacial score (nSPS) is 10.3. The molecule has 2 aromatic rings. The van der Waals surface area contributed by atoms with Gasteiger partial charge in [0.1, 0.15) is 11.4 Å². The fraction of sp³-hybridized carbons (Fsp3) is 0.286. The van der Waals surface area contributed by atoms with E-state index in [0.29, 0.717) is 12.2 Å². The van der Waals surface area contributed by atoms with Crippen LogP contribution in [-0.4, -0.2) is 46.1 Å². The van der Waals surface area contributed by atoms with Crippen LogP contribution in [-0.2, 0) is 6.54 Å². The van der Waals surface area contributed by atoms with Crippen LogP contribution in [0.1, 0.15) is 16.1 Å². The van der Waals surface area contributed by atoms with Crippen LogP contribution in [0.3, 0.4) is 0 Å². The highest BCUT2D eigenvalue weighted by Crippen LogP contribution is 2.14. The summed E-state index contributed by atoms with van der Waals surface area (Å²) in [4.78, 5) is 20.4. The maximum atomic E-state index is 12.2. The molecule has 1 heterocycles. The maximum Gasteiger partial charge on any atom is 0.272 e. The molecule has 0 spiro atoms. The zero-order valence-electron chi connectivity index (χ0n) is 11.2. The summed E-state index contributed by atoms with van der Waals surface area (Å²) in [6, 6.07) is 7.47. The number of carbonyl (C=O) groups is 1. The SMILES string of the molecule is COc1ccc(CN(CCO)C(=O)c2cnc[nH]2)cc1. The molecule has 0 bridgehead atoms. The van der Waals surface area contributed by atoms with Crippen LogP contribution < -0.4 is 4.74 Å². The number of benzene rings is 1. The monoisotopic (exact) mass is 275 g/mol. The Morgan fingerprint density at radius 3 is 2.70 bits per heavy atom. The van der Waals surface area contributed by atoms with E-state index in [2.05, 4.69) is 9.97 Å². The molecule has 6 heteroatoms. The number of rotatable bonds is 6. The summed E-state index contributed by atoms with van der Waals surface area (Å²) in [7, 11) is 1.61. The lowest BCUT2D eigenvalue weighted by Crippen LogP contribution is -2.33. The van der Waals surface area contributed by atoms with Crippen molar-refractivity contribution in [1.82, 2.24) is 14.9 Å². The molecule has 6 nitrogen and oxygen atoms in total. The largest absolute Gasteiger partial charge is 0.497 e. The fourth-order valence-corrected chi connectivity index (χ4v) is 1.87. The van der Waals surface area contributed by atoms with Crippen LogP contribution in [0.15, 0.2) is 36.8 Å². The van der Waals surface area contributed by atoms with E-state index >= 15 is 0 Å². The third-order valence-electron chi connectivity index (χ3n) is 2.92. The second-order valence-corrected chi connectivity index (χ2v) is 4.26. The smallest absolute Gasteiger partial charge is 0.272 e. The van der Waals surface area contributed by atoms with Crippen LogP contribution in [0.5, 0.6) is 5.75 Å². The Labute approximate surface area is 117 Å². The molecule has 0 aliphatic carbocycles. The van der Waals surface area contributed by atoms with E-state index in [9.17, 15) is 4.79 Å². The molecular formula is C14H17N3O3. The Morgan fingerprint density at radius 1 is 1.40 bits per heavy atom. The number of H-pyrrole nitrogens is 1. The van der Waals surface area contributed by atoms with Gasteiger partial charge in [0.2, 0.25) is 0 Å². The highest BCUT2D eigenvalue weighted by atomic mass is 16.5. The number of hydrogen-bond donors (Lipinski definition) is 2. The van der Waals surface area contributed by atoms with Crippen LogP contribution in [0.4, 0.5) is 0 Å². The number of aromatic nitrogens is 2. The molecule has 2 N–H and O–H groups in total. The molecule has 0 unspecified atom stereocenters. The van der Waals surface area contributed by atoms with Crippen molar-refractivity contribution in [2.24, 2.45) is 0 Å². The van der Waals surface area contributed by atoms with Crippen LogP contribution in [0.25, 0.3) is 0 Å². The first-order chi connectivity index (χ1) is 9.74. The van der Waals surface area contributed by atoms with Gasteiger partial charge in [0.05, 0.1) is 26.2 Å². The number of amides is 1. The minimum absolute atomic E-state index is 0.0873. The van der Waals surface area contributed by atoms with Crippen molar-refractivity contribution in [3.05, 3.63) is 48.0 Å². The lowest BCUT2D eigenvalue weighted by Gasteiger charge is -2.21. The fourth-order valence-electron chi connectivity index (χ4n) is 1.87. The average molecular weight is 275 g/mol. The molecule has 0 atom stereocenters. The van der Waals surface area contributed by atoms with Gasteiger partial charge in [-0.2, -0.15) is 0 Å². The van der Waals surface area contributed by atoms with E-state index in [1.54, 1.807) is 12.0 Å². The molecule has 1 amide bonds. The van der Waals surface area contributed by atoms with E-state index in [1.807, 2.05) is 24.3 Å². The number of imidazole rings is 1. The number of methoxy groups -OCH3 is 1. The Kier molecular flexibility index (Phi) is 4.73. The lowest BCUT2D eigenvalue weighted by molar-refractivity contribution is 0.0702. The molecule has 106 valence electrons. The topological polar surface area (TPSA) is 78.5 Å². The van der Waals surface area contributed by atoms with E-state index < -0.39 is 0 Å². The second-order valence-electron chi connectivity index (χ2n) is 4.26. The first-order valence-corrected chi connectivity index (χ1v) is 6.26. The summed E-state index contributed by atoms with van der Waals surface area (Å²) >= 11 is 0. The molecular weight excluding hydrogens is 258 g/mol. The van der Waals surface area contributed by atoms with Crippen molar-refractivity contribution in [3.63, 3.8) is 0 Å². The summed E-state index contributed by atoms with van der Waals surface area (Å²) in [6.07, 6.45) is 2.93. The Balaban J connectivity index is 2.10. The summed E-state index contributed by atoms with van der Waals surface area (Å²) in [6.45, 7) is 0.600. The summed E-state index contributed by atoms with van der Waals surface area (Å²) < 4.78 is 5.09. The van der Waals surface area contributed by atoms with Gasteiger partial charge in [0, 0.05) is 13.1 Å². The van der Waals surface area contributed by atoms with Crippen molar-refractivity contribution < 1.29 is 14.6 Å². The van der Waals surface area contributed by atoms with E-state index in [1.165, 1.54) is 12.5 Å². The first kappa shape index (κ1) is 14.1. The summed E-state index contributed by atoms with van der Waals surface area (Å²) in [5.41, 5.74) is 1.37. The van der Waals surface area contributed by atoms with Crippen LogP contribution in [0, 0.1) is 0 Å². The number of aliphatic hydroxyl groups excluding tert-OH is 1. The lowest BCUT2D eigenvalue weighted by atomic mass is 10.2. The number of carbonyl (C=O) groups excluding carboxylic acids is 1.